The predicted octanol–water partition coefficient (Wildman–Crippen LogP) is 2.86. The van der Waals surface area contributed by atoms with Crippen molar-refractivity contribution in [2.45, 2.75) is 47.6 Å². The predicted molar refractivity (Wildman–Crippen MR) is 84.6 cm³/mol. The lowest BCUT2D eigenvalue weighted by molar-refractivity contribution is 0.0732. The molecule has 1 N–H and O–H groups in total. The number of nitrogens with zero attached hydrogens (tertiary/aromatic N) is 1. The molecule has 0 saturated heterocycles. The summed E-state index contributed by atoms with van der Waals surface area (Å²) in [5.74, 6) is 2.10. The first-order valence-corrected chi connectivity index (χ1v) is 7.80. The third kappa shape index (κ3) is 10.3. The highest BCUT2D eigenvalue weighted by Crippen LogP contribution is 2.09. The molecule has 0 saturated carbocycles. The van der Waals surface area contributed by atoms with Gasteiger partial charge in [0.05, 0.1) is 6.61 Å². The van der Waals surface area contributed by atoms with E-state index >= 15 is 0 Å². The maximum Gasteiger partial charge on any atom is 0.0630 e. The van der Waals surface area contributed by atoms with Crippen molar-refractivity contribution in [1.29, 1.82) is 0 Å². The van der Waals surface area contributed by atoms with Crippen molar-refractivity contribution >= 4 is 0 Å². The van der Waals surface area contributed by atoms with Crippen LogP contribution in [0.15, 0.2) is 0 Å². The van der Waals surface area contributed by atoms with E-state index in [1.807, 2.05) is 0 Å². The summed E-state index contributed by atoms with van der Waals surface area (Å²) in [5.41, 5.74) is 0. The molecular weight excluding hydrogens is 236 g/mol. The molecule has 0 rings (SSSR count). The molecule has 0 fully saturated rings. The van der Waals surface area contributed by atoms with Crippen LogP contribution < -0.4 is 5.32 Å². The van der Waals surface area contributed by atoms with E-state index in [4.69, 9.17) is 4.74 Å². The molecule has 1 atom stereocenters. The Hall–Kier alpha value is -0.120. The fraction of sp³-hybridized carbons (Fsp3) is 1.00. The van der Waals surface area contributed by atoms with Gasteiger partial charge in [0.2, 0.25) is 0 Å². The van der Waals surface area contributed by atoms with E-state index in [0.717, 1.165) is 32.8 Å². The van der Waals surface area contributed by atoms with E-state index in [1.165, 1.54) is 0 Å². The van der Waals surface area contributed by atoms with Crippen molar-refractivity contribution < 1.29 is 4.74 Å². The molecule has 0 spiro atoms. The number of rotatable bonds is 11. The van der Waals surface area contributed by atoms with Crippen molar-refractivity contribution in [3.05, 3.63) is 0 Å². The van der Waals surface area contributed by atoms with Gasteiger partial charge in [-0.05, 0) is 24.3 Å². The first kappa shape index (κ1) is 18.9. The minimum absolute atomic E-state index is 0.480. The normalized spacial score (nSPS) is 14.1. The average Bonchev–Trinajstić information content (AvgIpc) is 2.25. The summed E-state index contributed by atoms with van der Waals surface area (Å²) in [6.07, 6.45) is 0. The van der Waals surface area contributed by atoms with Crippen LogP contribution in [0.3, 0.4) is 0 Å². The van der Waals surface area contributed by atoms with Gasteiger partial charge in [-0.1, -0.05) is 41.5 Å². The van der Waals surface area contributed by atoms with Crippen LogP contribution in [-0.4, -0.2) is 50.8 Å². The first-order chi connectivity index (χ1) is 8.86. The van der Waals surface area contributed by atoms with Gasteiger partial charge in [0.15, 0.2) is 0 Å². The van der Waals surface area contributed by atoms with Crippen LogP contribution in [0.25, 0.3) is 0 Å². The number of ether oxygens (including phenoxy) is 1. The second-order valence-electron chi connectivity index (χ2n) is 6.90. The Morgan fingerprint density at radius 1 is 0.842 bits per heavy atom. The third-order valence-corrected chi connectivity index (χ3v) is 3.01. The Morgan fingerprint density at radius 3 is 1.74 bits per heavy atom. The van der Waals surface area contributed by atoms with Gasteiger partial charge in [-0.3, -0.25) is 4.90 Å². The van der Waals surface area contributed by atoms with Crippen molar-refractivity contribution in [3.63, 3.8) is 0 Å². The zero-order valence-electron chi connectivity index (χ0n) is 14.2. The lowest BCUT2D eigenvalue weighted by Gasteiger charge is -2.34. The molecule has 0 aliphatic carbocycles. The minimum atomic E-state index is 0.480. The highest BCUT2D eigenvalue weighted by molar-refractivity contribution is 4.76. The van der Waals surface area contributed by atoms with Gasteiger partial charge in [-0.15, -0.1) is 0 Å². The van der Waals surface area contributed by atoms with E-state index in [-0.39, 0.29) is 0 Å². The van der Waals surface area contributed by atoms with Gasteiger partial charge in [-0.2, -0.15) is 0 Å². The minimum Gasteiger partial charge on any atom is -0.383 e. The van der Waals surface area contributed by atoms with Crippen LogP contribution in [0.5, 0.6) is 0 Å². The van der Waals surface area contributed by atoms with Crippen LogP contribution in [0.4, 0.5) is 0 Å². The summed E-state index contributed by atoms with van der Waals surface area (Å²) in [7, 11) is 1.80. The van der Waals surface area contributed by atoms with E-state index in [9.17, 15) is 0 Å². The Labute approximate surface area is 121 Å². The molecule has 0 aliphatic rings. The molecule has 0 aromatic rings. The van der Waals surface area contributed by atoms with Crippen LogP contribution in [0.2, 0.25) is 0 Å². The lowest BCUT2D eigenvalue weighted by atomic mass is 10.1. The maximum atomic E-state index is 5.42. The quantitative estimate of drug-likeness (QED) is 0.626. The van der Waals surface area contributed by atoms with Crippen LogP contribution in [0, 0.1) is 17.8 Å². The van der Waals surface area contributed by atoms with Crippen LogP contribution in [0.1, 0.15) is 41.5 Å². The molecule has 0 bridgehead atoms. The van der Waals surface area contributed by atoms with Gasteiger partial charge >= 0.3 is 0 Å². The Morgan fingerprint density at radius 2 is 1.37 bits per heavy atom. The number of nitrogens with one attached hydrogen (secondary N) is 1. The van der Waals surface area contributed by atoms with Gasteiger partial charge in [0.25, 0.3) is 0 Å². The fourth-order valence-corrected chi connectivity index (χ4v) is 2.34. The van der Waals surface area contributed by atoms with Gasteiger partial charge < -0.3 is 10.1 Å². The number of hydrogen-bond donors (Lipinski definition) is 1. The average molecular weight is 272 g/mol. The highest BCUT2D eigenvalue weighted by Gasteiger charge is 2.20. The molecule has 0 aromatic carbocycles. The van der Waals surface area contributed by atoms with E-state index in [0.29, 0.717) is 23.8 Å². The molecule has 0 amide bonds. The standard InChI is InChI=1S/C16H36N2O/c1-13(2)8-17-9-16(12-19-7)18(10-14(3)4)11-15(5)6/h13-17H,8-12H2,1-7H3. The smallest absolute Gasteiger partial charge is 0.0630 e. The molecule has 0 radical (unpaired) electrons. The largest absolute Gasteiger partial charge is 0.383 e. The third-order valence-electron chi connectivity index (χ3n) is 3.01. The second kappa shape index (κ2) is 10.6. The molecule has 0 heterocycles. The molecule has 19 heavy (non-hydrogen) atoms. The Kier molecular flexibility index (Phi) is 10.6. The molecule has 3 nitrogen and oxygen atoms in total. The molecule has 3 heteroatoms. The summed E-state index contributed by atoms with van der Waals surface area (Å²) in [4.78, 5) is 2.59. The fourth-order valence-electron chi connectivity index (χ4n) is 2.34. The number of hydrogen-bond acceptors (Lipinski definition) is 3. The maximum absolute atomic E-state index is 5.42. The molecule has 0 aromatic heterocycles. The second-order valence-corrected chi connectivity index (χ2v) is 6.90. The van der Waals surface area contributed by atoms with Crippen LogP contribution >= 0.6 is 0 Å². The topological polar surface area (TPSA) is 24.5 Å². The van der Waals surface area contributed by atoms with E-state index in [2.05, 4.69) is 51.8 Å². The molecular formula is C16H36N2O. The lowest BCUT2D eigenvalue weighted by Crippen LogP contribution is -2.48. The SMILES string of the molecule is COCC(CNCC(C)C)N(CC(C)C)CC(C)C. The zero-order valence-corrected chi connectivity index (χ0v) is 14.2. The molecule has 0 aliphatic heterocycles. The van der Waals surface area contributed by atoms with Crippen LogP contribution in [-0.2, 0) is 4.74 Å². The monoisotopic (exact) mass is 272 g/mol. The van der Waals surface area contributed by atoms with Gasteiger partial charge in [-0.25, -0.2) is 0 Å². The summed E-state index contributed by atoms with van der Waals surface area (Å²) in [6, 6.07) is 0.480. The molecule has 1 unspecified atom stereocenters. The zero-order chi connectivity index (χ0) is 14.8. The van der Waals surface area contributed by atoms with E-state index < -0.39 is 0 Å². The Balaban J connectivity index is 4.44. The van der Waals surface area contributed by atoms with Crippen molar-refractivity contribution in [2.75, 3.05) is 39.9 Å². The highest BCUT2D eigenvalue weighted by atomic mass is 16.5. The summed E-state index contributed by atoms with van der Waals surface area (Å²) in [6.45, 7) is 18.9. The summed E-state index contributed by atoms with van der Waals surface area (Å²) >= 11 is 0. The summed E-state index contributed by atoms with van der Waals surface area (Å²) in [5, 5.41) is 3.58. The number of methoxy groups -OCH3 is 1. The Bertz CT molecular complexity index is 195. The van der Waals surface area contributed by atoms with Crippen molar-refractivity contribution in [1.82, 2.24) is 10.2 Å². The van der Waals surface area contributed by atoms with Gasteiger partial charge in [0, 0.05) is 32.8 Å². The molecule has 116 valence electrons. The van der Waals surface area contributed by atoms with Crippen molar-refractivity contribution in [3.8, 4) is 0 Å². The van der Waals surface area contributed by atoms with Gasteiger partial charge in [0.1, 0.15) is 0 Å². The summed E-state index contributed by atoms with van der Waals surface area (Å²) < 4.78 is 5.42. The first-order valence-electron chi connectivity index (χ1n) is 7.80. The van der Waals surface area contributed by atoms with E-state index in [1.54, 1.807) is 7.11 Å². The van der Waals surface area contributed by atoms with Crippen molar-refractivity contribution in [2.24, 2.45) is 17.8 Å².